The summed E-state index contributed by atoms with van der Waals surface area (Å²) in [6.07, 6.45) is 5.47. The number of nitrogens with zero attached hydrogens (tertiary/aromatic N) is 4. The minimum absolute atomic E-state index is 0.229. The van der Waals surface area contributed by atoms with Gasteiger partial charge < -0.3 is 29.6 Å². The second-order valence-corrected chi connectivity index (χ2v) is 12.3. The summed E-state index contributed by atoms with van der Waals surface area (Å²) in [4.78, 5) is 37.6. The van der Waals surface area contributed by atoms with E-state index in [-0.39, 0.29) is 24.5 Å². The Balaban J connectivity index is 2.13. The molecule has 0 fully saturated rings. The average Bonchev–Trinajstić information content (AvgIpc) is 3.25. The second kappa shape index (κ2) is 14.4. The first kappa shape index (κ1) is 32.2. The van der Waals surface area contributed by atoms with Crippen molar-refractivity contribution in [2.75, 3.05) is 18.7 Å². The standard InChI is InChI=1S/C25H42N7O6P/c1-8-9-10-11-12-36-24(34)25(6,7)31-39(35,30-19(5)23(33)38-17(2)3)16-37-18(4)13-32-15-29-20-21(26)27-14-28-22(20)32/h14-15,17-18H,5,8-13,16H2,1-4,6-7H3,(H2,26,27,28)(H2,30,31,35)/t18-,39?/m1/s1. The first-order valence-electron chi connectivity index (χ1n) is 13.0. The van der Waals surface area contributed by atoms with Gasteiger partial charge in [-0.3, -0.25) is 9.36 Å². The third-order valence-corrected chi connectivity index (χ3v) is 7.59. The van der Waals surface area contributed by atoms with Gasteiger partial charge in [0, 0.05) is 0 Å². The average molecular weight is 568 g/mol. The molecule has 0 bridgehead atoms. The molecule has 0 radical (unpaired) electrons. The van der Waals surface area contributed by atoms with E-state index in [0.717, 1.165) is 25.7 Å². The molecule has 0 spiro atoms. The van der Waals surface area contributed by atoms with Crippen LogP contribution in [-0.4, -0.2) is 62.2 Å². The normalized spacial score (nSPS) is 14.1. The Hall–Kier alpha value is -3.02. The van der Waals surface area contributed by atoms with Gasteiger partial charge in [-0.25, -0.2) is 24.8 Å². The number of ether oxygens (including phenoxy) is 3. The maximum Gasteiger partial charge on any atom is 0.354 e. The van der Waals surface area contributed by atoms with Crippen molar-refractivity contribution >= 4 is 36.4 Å². The highest BCUT2D eigenvalue weighted by atomic mass is 31.2. The van der Waals surface area contributed by atoms with E-state index in [2.05, 4.69) is 38.6 Å². The zero-order valence-corrected chi connectivity index (χ0v) is 24.6. The summed E-state index contributed by atoms with van der Waals surface area (Å²) in [6, 6.07) is 0. The van der Waals surface area contributed by atoms with Gasteiger partial charge in [-0.1, -0.05) is 32.8 Å². The Labute approximate surface area is 229 Å². The topological polar surface area (TPSA) is 173 Å². The highest BCUT2D eigenvalue weighted by Gasteiger charge is 2.39. The van der Waals surface area contributed by atoms with Crippen LogP contribution in [0.15, 0.2) is 24.9 Å². The molecule has 218 valence electrons. The Morgan fingerprint density at radius 3 is 2.56 bits per heavy atom. The lowest BCUT2D eigenvalue weighted by molar-refractivity contribution is -0.149. The van der Waals surface area contributed by atoms with Crippen LogP contribution in [0, 0.1) is 0 Å². The maximum atomic E-state index is 14.0. The third kappa shape index (κ3) is 9.90. The number of unbranched alkanes of at least 4 members (excludes halogenated alkanes) is 3. The van der Waals surface area contributed by atoms with E-state index >= 15 is 0 Å². The zero-order valence-electron chi connectivity index (χ0n) is 23.7. The molecule has 39 heavy (non-hydrogen) atoms. The molecule has 4 N–H and O–H groups in total. The number of carbonyl (C=O) groups is 2. The predicted octanol–water partition coefficient (Wildman–Crippen LogP) is 3.51. The molecule has 2 aromatic rings. The van der Waals surface area contributed by atoms with E-state index in [9.17, 15) is 14.2 Å². The van der Waals surface area contributed by atoms with Crippen LogP contribution in [0.4, 0.5) is 5.82 Å². The fourth-order valence-corrected chi connectivity index (χ4v) is 5.78. The number of imidazole rings is 1. The van der Waals surface area contributed by atoms with Crippen LogP contribution in [0.25, 0.3) is 11.2 Å². The molecule has 2 atom stereocenters. The molecule has 2 rings (SSSR count). The summed E-state index contributed by atoms with van der Waals surface area (Å²) in [6.45, 7) is 14.6. The maximum absolute atomic E-state index is 14.0. The number of anilines is 1. The minimum atomic E-state index is -3.79. The Morgan fingerprint density at radius 1 is 1.18 bits per heavy atom. The smallest absolute Gasteiger partial charge is 0.354 e. The van der Waals surface area contributed by atoms with Gasteiger partial charge in [0.2, 0.25) is 0 Å². The van der Waals surface area contributed by atoms with Gasteiger partial charge in [0.05, 0.1) is 31.7 Å². The highest BCUT2D eigenvalue weighted by molar-refractivity contribution is 7.59. The number of nitrogens with one attached hydrogen (secondary N) is 2. The lowest BCUT2D eigenvalue weighted by atomic mass is 10.1. The van der Waals surface area contributed by atoms with Crippen molar-refractivity contribution in [1.82, 2.24) is 29.7 Å². The molecular formula is C25H42N7O6P. The molecule has 2 heterocycles. The molecule has 0 saturated carbocycles. The van der Waals surface area contributed by atoms with Crippen molar-refractivity contribution in [2.24, 2.45) is 0 Å². The van der Waals surface area contributed by atoms with E-state index in [0.29, 0.717) is 17.7 Å². The highest BCUT2D eigenvalue weighted by Crippen LogP contribution is 2.41. The van der Waals surface area contributed by atoms with Gasteiger partial charge in [-0.05, 0) is 41.0 Å². The summed E-state index contributed by atoms with van der Waals surface area (Å²) in [7, 11) is -3.79. The molecule has 0 aromatic carbocycles. The Kier molecular flexibility index (Phi) is 11.9. The molecule has 0 aliphatic heterocycles. The molecule has 13 nitrogen and oxygen atoms in total. The van der Waals surface area contributed by atoms with Gasteiger partial charge >= 0.3 is 11.9 Å². The number of rotatable bonds is 17. The van der Waals surface area contributed by atoms with E-state index in [1.807, 2.05) is 0 Å². The number of nitrogen functional groups attached to an aromatic ring is 1. The van der Waals surface area contributed by atoms with Crippen molar-refractivity contribution in [1.29, 1.82) is 0 Å². The van der Waals surface area contributed by atoms with Gasteiger partial charge in [-0.2, -0.15) is 0 Å². The lowest BCUT2D eigenvalue weighted by Crippen LogP contribution is -2.49. The second-order valence-electron chi connectivity index (χ2n) is 10.2. The summed E-state index contributed by atoms with van der Waals surface area (Å²) in [5.74, 6) is -1.08. The van der Waals surface area contributed by atoms with Crippen LogP contribution in [0.3, 0.4) is 0 Å². The van der Waals surface area contributed by atoms with E-state index in [4.69, 9.17) is 19.9 Å². The van der Waals surface area contributed by atoms with Crippen molar-refractivity contribution in [3.05, 3.63) is 24.9 Å². The van der Waals surface area contributed by atoms with Gasteiger partial charge in [0.25, 0.3) is 7.44 Å². The molecule has 0 amide bonds. The van der Waals surface area contributed by atoms with Crippen LogP contribution in [0.5, 0.6) is 0 Å². The number of aromatic nitrogens is 4. The zero-order chi connectivity index (χ0) is 29.2. The number of hydrogen-bond donors (Lipinski definition) is 3. The fraction of sp³-hybridized carbons (Fsp3) is 0.640. The van der Waals surface area contributed by atoms with Gasteiger partial charge in [0.15, 0.2) is 11.5 Å². The summed E-state index contributed by atoms with van der Waals surface area (Å²) >= 11 is 0. The molecule has 0 aliphatic rings. The molecular weight excluding hydrogens is 525 g/mol. The number of esters is 2. The lowest BCUT2D eigenvalue weighted by Gasteiger charge is -2.31. The largest absolute Gasteiger partial charge is 0.464 e. The van der Waals surface area contributed by atoms with Crippen LogP contribution < -0.4 is 15.9 Å². The van der Waals surface area contributed by atoms with Gasteiger partial charge in [-0.15, -0.1) is 0 Å². The van der Waals surface area contributed by atoms with E-state index in [1.165, 1.54) is 6.33 Å². The number of fused-ring (bicyclic) bond motifs is 1. The van der Waals surface area contributed by atoms with E-state index < -0.39 is 37.1 Å². The third-order valence-electron chi connectivity index (χ3n) is 5.53. The summed E-state index contributed by atoms with van der Waals surface area (Å²) < 4.78 is 32.3. The van der Waals surface area contributed by atoms with E-state index in [1.54, 1.807) is 45.5 Å². The summed E-state index contributed by atoms with van der Waals surface area (Å²) in [5, 5.41) is 5.46. The number of nitrogens with two attached hydrogens (primary N) is 1. The molecule has 0 saturated heterocycles. The number of hydrogen-bond acceptors (Lipinski definition) is 10. The van der Waals surface area contributed by atoms with Gasteiger partial charge in [0.1, 0.15) is 29.4 Å². The van der Waals surface area contributed by atoms with Crippen LogP contribution >= 0.6 is 7.44 Å². The SMILES string of the molecule is C=C(NP(=O)(CO[C@H](C)Cn1cnc2c(N)ncnc21)NC(C)(C)C(=O)OCCCCCC)C(=O)OC(C)C. The number of carbonyl (C=O) groups excluding carboxylic acids is 2. The van der Waals surface area contributed by atoms with Crippen LogP contribution in [0.2, 0.25) is 0 Å². The minimum Gasteiger partial charge on any atom is -0.464 e. The monoisotopic (exact) mass is 567 g/mol. The van der Waals surface area contributed by atoms with Crippen LogP contribution in [0.1, 0.15) is 67.2 Å². The molecule has 1 unspecified atom stereocenters. The van der Waals surface area contributed by atoms with Crippen molar-refractivity contribution in [3.63, 3.8) is 0 Å². The Morgan fingerprint density at radius 2 is 1.90 bits per heavy atom. The molecule has 14 heteroatoms. The fourth-order valence-electron chi connectivity index (χ4n) is 3.61. The summed E-state index contributed by atoms with van der Waals surface area (Å²) in [5.41, 5.74) is 5.26. The van der Waals surface area contributed by atoms with Crippen molar-refractivity contribution in [3.8, 4) is 0 Å². The van der Waals surface area contributed by atoms with Crippen molar-refractivity contribution < 1.29 is 28.4 Å². The molecule has 2 aromatic heterocycles. The first-order valence-corrected chi connectivity index (χ1v) is 14.9. The predicted molar refractivity (Wildman–Crippen MR) is 149 cm³/mol. The molecule has 0 aliphatic carbocycles. The van der Waals surface area contributed by atoms with Crippen molar-refractivity contribution in [2.45, 2.75) is 91.5 Å². The van der Waals surface area contributed by atoms with Crippen LogP contribution in [-0.2, 0) is 34.9 Å². The Bertz CT molecular complexity index is 1180. The quantitative estimate of drug-likeness (QED) is 0.110. The first-order chi connectivity index (χ1) is 18.3.